The van der Waals surface area contributed by atoms with Gasteiger partial charge in [-0.25, -0.2) is 0 Å². The summed E-state index contributed by atoms with van der Waals surface area (Å²) in [5.74, 6) is 0. The number of methoxy groups -OCH3 is 1. The number of piperazine rings is 1. The second-order valence-electron chi connectivity index (χ2n) is 6.44. The Morgan fingerprint density at radius 2 is 1.56 bits per heavy atom. The maximum absolute atomic E-state index is 6.21. The van der Waals surface area contributed by atoms with Crippen molar-refractivity contribution in [1.29, 1.82) is 0 Å². The molecule has 1 aliphatic rings. The summed E-state index contributed by atoms with van der Waals surface area (Å²) in [6, 6.07) is 19.3. The lowest BCUT2D eigenvalue weighted by atomic mass is 9.97. The monoisotopic (exact) mass is 336 g/mol. The van der Waals surface area contributed by atoms with Crippen molar-refractivity contribution in [2.45, 2.75) is 13.0 Å². The molecule has 3 aromatic carbocycles. The smallest absolute Gasteiger partial charge is 0.218 e. The average molecular weight is 336 g/mol. The van der Waals surface area contributed by atoms with E-state index in [1.807, 2.05) is 0 Å². The predicted molar refractivity (Wildman–Crippen MR) is 101 cm³/mol. The molecule has 0 bridgehead atoms. The summed E-state index contributed by atoms with van der Waals surface area (Å²) in [4.78, 5) is 2.24. The van der Waals surface area contributed by atoms with Gasteiger partial charge in [0.15, 0.2) is 0 Å². The lowest BCUT2D eigenvalue weighted by Crippen LogP contribution is -2.50. The summed E-state index contributed by atoms with van der Waals surface area (Å²) in [6.07, 6.45) is -0.306. The number of rotatable bonds is 5. The van der Waals surface area contributed by atoms with Crippen LogP contribution in [0.4, 0.5) is 0 Å². The van der Waals surface area contributed by atoms with E-state index >= 15 is 0 Å². The fraction of sp³-hybridized carbons (Fsp3) is 0.333. The van der Waals surface area contributed by atoms with Crippen LogP contribution in [0.1, 0.15) is 5.56 Å². The second kappa shape index (κ2) is 7.50. The predicted octanol–water partition coefficient (Wildman–Crippen LogP) is 3.34. The van der Waals surface area contributed by atoms with Crippen molar-refractivity contribution in [2.24, 2.45) is 0 Å². The molecule has 0 amide bonds. The van der Waals surface area contributed by atoms with E-state index in [0.717, 1.165) is 26.2 Å². The molecule has 4 heteroatoms. The van der Waals surface area contributed by atoms with Crippen LogP contribution in [0.25, 0.3) is 21.5 Å². The quantitative estimate of drug-likeness (QED) is 0.572. The van der Waals surface area contributed by atoms with E-state index in [0.29, 0.717) is 6.61 Å². The molecule has 0 aromatic heterocycles. The molecular formula is C21H24N2O2. The van der Waals surface area contributed by atoms with Gasteiger partial charge in [-0.1, -0.05) is 48.5 Å². The summed E-state index contributed by atoms with van der Waals surface area (Å²) < 4.78 is 11.8. The van der Waals surface area contributed by atoms with Crippen LogP contribution in [0.3, 0.4) is 0 Å². The first-order valence-corrected chi connectivity index (χ1v) is 8.85. The van der Waals surface area contributed by atoms with E-state index in [1.165, 1.54) is 27.1 Å². The van der Waals surface area contributed by atoms with Crippen molar-refractivity contribution >= 4 is 21.5 Å². The van der Waals surface area contributed by atoms with E-state index in [9.17, 15) is 0 Å². The molecule has 1 heterocycles. The van der Waals surface area contributed by atoms with Crippen LogP contribution in [0.15, 0.2) is 54.6 Å². The molecular weight excluding hydrogens is 312 g/mol. The Labute approximate surface area is 148 Å². The van der Waals surface area contributed by atoms with Gasteiger partial charge in [0, 0.05) is 33.3 Å². The average Bonchev–Trinajstić information content (AvgIpc) is 2.68. The molecule has 0 spiro atoms. The fourth-order valence-electron chi connectivity index (χ4n) is 3.63. The molecule has 130 valence electrons. The number of nitrogens with one attached hydrogen (secondary N) is 1. The molecule has 1 N–H and O–H groups in total. The van der Waals surface area contributed by atoms with Gasteiger partial charge in [0.05, 0.1) is 6.61 Å². The molecule has 1 fully saturated rings. The minimum atomic E-state index is -0.306. The van der Waals surface area contributed by atoms with Crippen molar-refractivity contribution in [2.75, 3.05) is 33.3 Å². The molecule has 25 heavy (non-hydrogen) atoms. The third kappa shape index (κ3) is 3.39. The van der Waals surface area contributed by atoms with Gasteiger partial charge in [-0.3, -0.25) is 4.90 Å². The van der Waals surface area contributed by atoms with Gasteiger partial charge < -0.3 is 14.8 Å². The lowest BCUT2D eigenvalue weighted by Gasteiger charge is -2.33. The Morgan fingerprint density at radius 3 is 2.16 bits per heavy atom. The molecule has 3 aromatic rings. The number of hydrogen-bond acceptors (Lipinski definition) is 4. The second-order valence-corrected chi connectivity index (χ2v) is 6.44. The van der Waals surface area contributed by atoms with Gasteiger partial charge in [0.2, 0.25) is 6.41 Å². The zero-order chi connectivity index (χ0) is 17.1. The Morgan fingerprint density at radius 1 is 0.960 bits per heavy atom. The van der Waals surface area contributed by atoms with E-state index in [1.54, 1.807) is 7.11 Å². The van der Waals surface area contributed by atoms with Crippen molar-refractivity contribution in [3.05, 3.63) is 60.2 Å². The molecule has 0 aliphatic carbocycles. The van der Waals surface area contributed by atoms with Crippen molar-refractivity contribution in [1.82, 2.24) is 10.2 Å². The Hall–Kier alpha value is -1.98. The van der Waals surface area contributed by atoms with Crippen LogP contribution in [0.5, 0.6) is 0 Å². The van der Waals surface area contributed by atoms with Crippen LogP contribution in [0, 0.1) is 0 Å². The highest BCUT2D eigenvalue weighted by atomic mass is 16.7. The molecule has 1 atom stereocenters. The maximum Gasteiger partial charge on any atom is 0.218 e. The van der Waals surface area contributed by atoms with Crippen LogP contribution in [-0.4, -0.2) is 44.6 Å². The summed E-state index contributed by atoms with van der Waals surface area (Å²) in [7, 11) is 1.72. The SMILES string of the molecule is COC(OCc1c2ccccc2cc2ccccc12)N1CCNCC1. The zero-order valence-electron chi connectivity index (χ0n) is 14.6. The highest BCUT2D eigenvalue weighted by Crippen LogP contribution is 2.29. The Kier molecular flexibility index (Phi) is 4.95. The highest BCUT2D eigenvalue weighted by Gasteiger charge is 2.21. The summed E-state index contributed by atoms with van der Waals surface area (Å²) in [5.41, 5.74) is 1.23. The number of benzene rings is 3. The maximum atomic E-state index is 6.21. The number of ether oxygens (including phenoxy) is 2. The number of nitrogens with zero attached hydrogens (tertiary/aromatic N) is 1. The van der Waals surface area contributed by atoms with Crippen molar-refractivity contribution in [3.63, 3.8) is 0 Å². The van der Waals surface area contributed by atoms with Crippen LogP contribution < -0.4 is 5.32 Å². The third-order valence-corrected chi connectivity index (χ3v) is 4.90. The molecule has 0 saturated carbocycles. The van der Waals surface area contributed by atoms with E-state index < -0.39 is 0 Å². The van der Waals surface area contributed by atoms with Crippen molar-refractivity contribution in [3.8, 4) is 0 Å². The standard InChI is InChI=1S/C21H24N2O2/c1-24-21(23-12-10-22-11-13-23)25-15-20-18-8-4-2-6-16(18)14-17-7-3-5-9-19(17)20/h2-9,14,21-22H,10-13,15H2,1H3. The van der Waals surface area contributed by atoms with Crippen LogP contribution in [0.2, 0.25) is 0 Å². The molecule has 4 nitrogen and oxygen atoms in total. The van der Waals surface area contributed by atoms with Gasteiger partial charge in [0.1, 0.15) is 0 Å². The van der Waals surface area contributed by atoms with Gasteiger partial charge in [-0.15, -0.1) is 0 Å². The molecule has 1 aliphatic heterocycles. The summed E-state index contributed by atoms with van der Waals surface area (Å²) in [5, 5.41) is 8.35. The topological polar surface area (TPSA) is 33.7 Å². The van der Waals surface area contributed by atoms with Gasteiger partial charge in [0.25, 0.3) is 0 Å². The van der Waals surface area contributed by atoms with Crippen molar-refractivity contribution < 1.29 is 9.47 Å². The summed E-state index contributed by atoms with van der Waals surface area (Å²) in [6.45, 7) is 4.36. The summed E-state index contributed by atoms with van der Waals surface area (Å²) >= 11 is 0. The first-order valence-electron chi connectivity index (χ1n) is 8.85. The molecule has 1 saturated heterocycles. The zero-order valence-corrected chi connectivity index (χ0v) is 14.6. The molecule has 1 unspecified atom stereocenters. The highest BCUT2D eigenvalue weighted by molar-refractivity contribution is 6.02. The van der Waals surface area contributed by atoms with Gasteiger partial charge >= 0.3 is 0 Å². The van der Waals surface area contributed by atoms with E-state index in [2.05, 4.69) is 64.8 Å². The van der Waals surface area contributed by atoms with E-state index in [-0.39, 0.29) is 6.41 Å². The normalized spacial score (nSPS) is 17.2. The van der Waals surface area contributed by atoms with Gasteiger partial charge in [-0.05, 0) is 33.2 Å². The largest absolute Gasteiger partial charge is 0.343 e. The first-order chi connectivity index (χ1) is 12.4. The Balaban J connectivity index is 1.67. The third-order valence-electron chi connectivity index (χ3n) is 4.90. The van der Waals surface area contributed by atoms with E-state index in [4.69, 9.17) is 9.47 Å². The number of hydrogen-bond donors (Lipinski definition) is 1. The fourth-order valence-corrected chi connectivity index (χ4v) is 3.63. The number of fused-ring (bicyclic) bond motifs is 2. The first kappa shape index (κ1) is 16.5. The van der Waals surface area contributed by atoms with Crippen LogP contribution in [-0.2, 0) is 16.1 Å². The Bertz CT molecular complexity index is 805. The van der Waals surface area contributed by atoms with Crippen LogP contribution >= 0.6 is 0 Å². The molecule has 0 radical (unpaired) electrons. The minimum absolute atomic E-state index is 0.306. The molecule has 4 rings (SSSR count). The van der Waals surface area contributed by atoms with Gasteiger partial charge in [-0.2, -0.15) is 0 Å². The lowest BCUT2D eigenvalue weighted by molar-refractivity contribution is -0.218. The minimum Gasteiger partial charge on any atom is -0.343 e.